The van der Waals surface area contributed by atoms with E-state index < -0.39 is 0 Å². The summed E-state index contributed by atoms with van der Waals surface area (Å²) < 4.78 is 13.0. The van der Waals surface area contributed by atoms with Gasteiger partial charge in [0.1, 0.15) is 5.82 Å². The van der Waals surface area contributed by atoms with E-state index >= 15 is 0 Å². The topological polar surface area (TPSA) is 52.7 Å². The van der Waals surface area contributed by atoms with Gasteiger partial charge in [0.15, 0.2) is 0 Å². The fraction of sp³-hybridized carbons (Fsp3) is 0.619. The molecule has 3 amide bonds. The van der Waals surface area contributed by atoms with Crippen LogP contribution >= 0.6 is 0 Å². The third kappa shape index (κ3) is 3.94. The molecule has 2 saturated heterocycles. The van der Waals surface area contributed by atoms with Crippen molar-refractivity contribution in [1.82, 2.24) is 9.80 Å². The van der Waals surface area contributed by atoms with Gasteiger partial charge < -0.3 is 15.1 Å². The lowest BCUT2D eigenvalue weighted by molar-refractivity contribution is -0.141. The highest BCUT2D eigenvalue weighted by molar-refractivity contribution is 5.89. The molecule has 2 heterocycles. The standard InChI is InChI=1S/C21H28FN3O2/c22-16-5-7-17(8-6-16)23-20(27)24-13-11-21(12-14-24)10-9-19(26)25(15-21)18-3-1-2-4-18/h5-8,18H,1-4,9-15H2,(H,23,27). The van der Waals surface area contributed by atoms with Gasteiger partial charge in [0, 0.05) is 37.8 Å². The lowest BCUT2D eigenvalue weighted by Gasteiger charge is -2.49. The van der Waals surface area contributed by atoms with Crippen LogP contribution in [0.15, 0.2) is 24.3 Å². The van der Waals surface area contributed by atoms with Gasteiger partial charge in [0.2, 0.25) is 5.91 Å². The van der Waals surface area contributed by atoms with E-state index in [4.69, 9.17) is 0 Å². The van der Waals surface area contributed by atoms with Crippen LogP contribution in [0, 0.1) is 11.2 Å². The number of halogens is 1. The van der Waals surface area contributed by atoms with E-state index in [0.717, 1.165) is 38.6 Å². The Labute approximate surface area is 159 Å². The third-order valence-electron chi connectivity index (χ3n) is 6.67. The highest BCUT2D eigenvalue weighted by Gasteiger charge is 2.43. The van der Waals surface area contributed by atoms with E-state index in [1.807, 2.05) is 4.90 Å². The lowest BCUT2D eigenvalue weighted by Crippen LogP contribution is -2.54. The summed E-state index contributed by atoms with van der Waals surface area (Å²) in [5, 5.41) is 2.85. The van der Waals surface area contributed by atoms with E-state index in [9.17, 15) is 14.0 Å². The van der Waals surface area contributed by atoms with Crippen molar-refractivity contribution in [2.24, 2.45) is 5.41 Å². The maximum atomic E-state index is 13.0. The molecule has 3 fully saturated rings. The number of hydrogen-bond acceptors (Lipinski definition) is 2. The minimum atomic E-state index is -0.313. The Morgan fingerprint density at radius 3 is 2.41 bits per heavy atom. The zero-order valence-corrected chi connectivity index (χ0v) is 15.8. The van der Waals surface area contributed by atoms with E-state index in [1.165, 1.54) is 25.0 Å². The first kappa shape index (κ1) is 18.3. The number of carbonyl (C=O) groups is 2. The summed E-state index contributed by atoms with van der Waals surface area (Å²) in [5.41, 5.74) is 0.778. The SMILES string of the molecule is O=C(Nc1ccc(F)cc1)N1CCC2(CCC(=O)N(C3CCCC3)C2)CC1. The Morgan fingerprint density at radius 1 is 1.07 bits per heavy atom. The first-order valence-corrected chi connectivity index (χ1v) is 10.2. The largest absolute Gasteiger partial charge is 0.339 e. The number of amides is 3. The van der Waals surface area contributed by atoms with Crippen molar-refractivity contribution in [3.8, 4) is 0 Å². The Bertz CT molecular complexity index is 692. The van der Waals surface area contributed by atoms with Crippen LogP contribution in [0.25, 0.3) is 0 Å². The normalized spacial score (nSPS) is 23.1. The Balaban J connectivity index is 1.34. The zero-order valence-electron chi connectivity index (χ0n) is 15.8. The van der Waals surface area contributed by atoms with E-state index in [1.54, 1.807) is 12.1 Å². The summed E-state index contributed by atoms with van der Waals surface area (Å²) in [6, 6.07) is 6.15. The number of benzene rings is 1. The van der Waals surface area contributed by atoms with Crippen molar-refractivity contribution < 1.29 is 14.0 Å². The maximum absolute atomic E-state index is 13.0. The molecule has 0 atom stereocenters. The summed E-state index contributed by atoms with van der Waals surface area (Å²) in [6.45, 7) is 2.28. The first-order chi connectivity index (χ1) is 13.0. The van der Waals surface area contributed by atoms with E-state index in [0.29, 0.717) is 37.1 Å². The second-order valence-corrected chi connectivity index (χ2v) is 8.38. The number of urea groups is 1. The van der Waals surface area contributed by atoms with Crippen molar-refractivity contribution in [2.75, 3.05) is 25.0 Å². The van der Waals surface area contributed by atoms with Crippen LogP contribution in [-0.2, 0) is 4.79 Å². The van der Waals surface area contributed by atoms with Gasteiger partial charge in [-0.25, -0.2) is 9.18 Å². The van der Waals surface area contributed by atoms with Crippen LogP contribution in [0.2, 0.25) is 0 Å². The molecule has 0 radical (unpaired) electrons. The number of rotatable bonds is 2. The molecule has 1 spiro atoms. The molecule has 0 unspecified atom stereocenters. The summed E-state index contributed by atoms with van der Waals surface area (Å²) in [7, 11) is 0. The van der Waals surface area contributed by atoms with Gasteiger partial charge in [-0.2, -0.15) is 0 Å². The lowest BCUT2D eigenvalue weighted by atomic mass is 9.72. The second kappa shape index (κ2) is 7.49. The van der Waals surface area contributed by atoms with Crippen LogP contribution in [0.1, 0.15) is 51.4 Å². The van der Waals surface area contributed by atoms with Gasteiger partial charge in [-0.15, -0.1) is 0 Å². The molecular formula is C21H28FN3O2. The van der Waals surface area contributed by atoms with Crippen LogP contribution in [0.4, 0.5) is 14.9 Å². The van der Waals surface area contributed by atoms with Gasteiger partial charge in [0.05, 0.1) is 0 Å². The molecule has 5 nitrogen and oxygen atoms in total. The monoisotopic (exact) mass is 373 g/mol. The first-order valence-electron chi connectivity index (χ1n) is 10.2. The number of hydrogen-bond donors (Lipinski definition) is 1. The summed E-state index contributed by atoms with van der Waals surface area (Å²) in [4.78, 5) is 28.9. The fourth-order valence-electron chi connectivity index (χ4n) is 4.92. The van der Waals surface area contributed by atoms with E-state index in [2.05, 4.69) is 10.2 Å². The van der Waals surface area contributed by atoms with Gasteiger partial charge in [0.25, 0.3) is 0 Å². The van der Waals surface area contributed by atoms with Gasteiger partial charge in [-0.05, 0) is 61.8 Å². The number of carbonyl (C=O) groups excluding carboxylic acids is 2. The summed E-state index contributed by atoms with van der Waals surface area (Å²) in [6.07, 6.45) is 8.25. The highest BCUT2D eigenvalue weighted by Crippen LogP contribution is 2.42. The molecule has 1 aliphatic carbocycles. The molecule has 4 rings (SSSR count). The van der Waals surface area contributed by atoms with Crippen molar-refractivity contribution in [3.63, 3.8) is 0 Å². The third-order valence-corrected chi connectivity index (χ3v) is 6.67. The molecule has 146 valence electrons. The highest BCUT2D eigenvalue weighted by atomic mass is 19.1. The predicted octanol–water partition coefficient (Wildman–Crippen LogP) is 4.00. The van der Waals surface area contributed by atoms with Crippen LogP contribution in [0.3, 0.4) is 0 Å². The molecular weight excluding hydrogens is 345 g/mol. The molecule has 6 heteroatoms. The molecule has 1 aromatic carbocycles. The van der Waals surface area contributed by atoms with Gasteiger partial charge in [-0.3, -0.25) is 4.79 Å². The Morgan fingerprint density at radius 2 is 1.74 bits per heavy atom. The zero-order chi connectivity index (χ0) is 18.9. The van der Waals surface area contributed by atoms with Crippen molar-refractivity contribution in [2.45, 2.75) is 57.4 Å². The van der Waals surface area contributed by atoms with Crippen molar-refractivity contribution in [1.29, 1.82) is 0 Å². The minimum absolute atomic E-state index is 0.129. The summed E-state index contributed by atoms with van der Waals surface area (Å²) >= 11 is 0. The van der Waals surface area contributed by atoms with Crippen LogP contribution in [-0.4, -0.2) is 47.4 Å². The smallest absolute Gasteiger partial charge is 0.321 e. The molecule has 0 bridgehead atoms. The number of likely N-dealkylation sites (tertiary alicyclic amines) is 2. The summed E-state index contributed by atoms with van der Waals surface area (Å²) in [5.74, 6) is 0.00980. The fourth-order valence-corrected chi connectivity index (χ4v) is 4.92. The Hall–Kier alpha value is -2.11. The average molecular weight is 373 g/mol. The van der Waals surface area contributed by atoms with Crippen LogP contribution < -0.4 is 5.32 Å². The quantitative estimate of drug-likeness (QED) is 0.852. The average Bonchev–Trinajstić information content (AvgIpc) is 3.21. The molecule has 1 N–H and O–H groups in total. The van der Waals surface area contributed by atoms with E-state index in [-0.39, 0.29) is 17.3 Å². The van der Waals surface area contributed by atoms with Gasteiger partial charge >= 0.3 is 6.03 Å². The number of nitrogens with one attached hydrogen (secondary N) is 1. The van der Waals surface area contributed by atoms with Crippen molar-refractivity contribution >= 4 is 17.6 Å². The molecule has 3 aliphatic rings. The maximum Gasteiger partial charge on any atom is 0.321 e. The molecule has 1 saturated carbocycles. The minimum Gasteiger partial charge on any atom is -0.339 e. The second-order valence-electron chi connectivity index (χ2n) is 8.38. The predicted molar refractivity (Wildman–Crippen MR) is 102 cm³/mol. The molecule has 1 aromatic rings. The number of anilines is 1. The van der Waals surface area contributed by atoms with Gasteiger partial charge in [-0.1, -0.05) is 12.8 Å². The van der Waals surface area contributed by atoms with Crippen LogP contribution in [0.5, 0.6) is 0 Å². The van der Waals surface area contributed by atoms with Crippen molar-refractivity contribution in [3.05, 3.63) is 30.1 Å². The molecule has 0 aromatic heterocycles. The Kier molecular flexibility index (Phi) is 5.06. The number of nitrogens with zero attached hydrogens (tertiary/aromatic N) is 2. The molecule has 2 aliphatic heterocycles. The number of piperidine rings is 2. The molecule has 27 heavy (non-hydrogen) atoms.